The third-order valence-corrected chi connectivity index (χ3v) is 4.71. The Morgan fingerprint density at radius 2 is 1.67 bits per heavy atom. The van der Waals surface area contributed by atoms with Crippen molar-refractivity contribution in [2.24, 2.45) is 5.41 Å². The predicted molar refractivity (Wildman–Crippen MR) is 96.3 cm³/mol. The van der Waals surface area contributed by atoms with E-state index in [0.717, 1.165) is 6.54 Å². The first-order valence-electron chi connectivity index (χ1n) is 8.15. The van der Waals surface area contributed by atoms with Crippen molar-refractivity contribution in [3.8, 4) is 11.5 Å². The van der Waals surface area contributed by atoms with E-state index >= 15 is 0 Å². The Kier molecular flexibility index (Phi) is 7.51. The first-order valence-corrected chi connectivity index (χ1v) is 9.63. The second kappa shape index (κ2) is 8.69. The first kappa shape index (κ1) is 20.7. The van der Waals surface area contributed by atoms with Crippen LogP contribution in [0.15, 0.2) is 23.1 Å². The zero-order valence-electron chi connectivity index (χ0n) is 15.5. The lowest BCUT2D eigenvalue weighted by Crippen LogP contribution is -2.39. The number of nitrogens with one attached hydrogen (secondary N) is 1. The lowest BCUT2D eigenvalue weighted by Gasteiger charge is -2.28. The van der Waals surface area contributed by atoms with E-state index < -0.39 is 10.0 Å². The fourth-order valence-corrected chi connectivity index (χ4v) is 3.74. The Bertz CT molecular complexity index is 627. The Balaban J connectivity index is 2.95. The summed E-state index contributed by atoms with van der Waals surface area (Å²) in [5, 5.41) is 0. The molecule has 0 heterocycles. The number of nitrogens with zero attached hydrogens (tertiary/aromatic N) is 1. The molecule has 1 aromatic carbocycles. The minimum absolute atomic E-state index is 0.176. The smallest absolute Gasteiger partial charge is 0.240 e. The predicted octanol–water partition coefficient (Wildman–Crippen LogP) is 2.35. The largest absolute Gasteiger partial charge is 0.490 e. The van der Waals surface area contributed by atoms with Crippen LogP contribution in [-0.4, -0.2) is 53.7 Å². The van der Waals surface area contributed by atoms with Crippen molar-refractivity contribution in [3.05, 3.63) is 18.2 Å². The normalized spacial score (nSPS) is 12.5. The molecule has 0 saturated heterocycles. The number of sulfonamides is 1. The lowest BCUT2D eigenvalue weighted by molar-refractivity contribution is 0.242. The second-order valence-corrected chi connectivity index (χ2v) is 8.47. The highest BCUT2D eigenvalue weighted by molar-refractivity contribution is 7.89. The summed E-state index contributed by atoms with van der Waals surface area (Å²) >= 11 is 0. The quantitative estimate of drug-likeness (QED) is 0.695. The molecule has 1 rings (SSSR count). The van der Waals surface area contributed by atoms with Crippen LogP contribution in [0.1, 0.15) is 27.7 Å². The maximum absolute atomic E-state index is 12.6. The molecular formula is C17H30N2O4S. The molecule has 0 aromatic heterocycles. The summed E-state index contributed by atoms with van der Waals surface area (Å²) in [5.74, 6) is 0.987. The molecule has 6 nitrogen and oxygen atoms in total. The van der Waals surface area contributed by atoms with E-state index in [4.69, 9.17) is 9.47 Å². The average Bonchev–Trinajstić information content (AvgIpc) is 2.46. The minimum atomic E-state index is -3.61. The van der Waals surface area contributed by atoms with Crippen LogP contribution in [0.5, 0.6) is 11.5 Å². The van der Waals surface area contributed by atoms with Gasteiger partial charge in [-0.05, 0) is 45.5 Å². The highest BCUT2D eigenvalue weighted by Gasteiger charge is 2.24. The molecule has 0 aliphatic carbocycles. The maximum atomic E-state index is 12.6. The summed E-state index contributed by atoms with van der Waals surface area (Å²) in [4.78, 5) is 2.22. The Morgan fingerprint density at radius 3 is 2.21 bits per heavy atom. The molecule has 1 aromatic rings. The highest BCUT2D eigenvalue weighted by Crippen LogP contribution is 2.30. The number of rotatable bonds is 10. The van der Waals surface area contributed by atoms with Crippen LogP contribution in [0.25, 0.3) is 0 Å². The number of hydrogen-bond acceptors (Lipinski definition) is 5. The van der Waals surface area contributed by atoms with Gasteiger partial charge < -0.3 is 14.4 Å². The number of ether oxygens (including phenoxy) is 2. The van der Waals surface area contributed by atoms with Gasteiger partial charge >= 0.3 is 0 Å². The fraction of sp³-hybridized carbons (Fsp3) is 0.647. The van der Waals surface area contributed by atoms with Crippen LogP contribution in [0.3, 0.4) is 0 Å². The molecule has 24 heavy (non-hydrogen) atoms. The van der Waals surface area contributed by atoms with Gasteiger partial charge in [0.05, 0.1) is 18.1 Å². The van der Waals surface area contributed by atoms with Crippen molar-refractivity contribution < 1.29 is 17.9 Å². The number of hydrogen-bond donors (Lipinski definition) is 1. The summed E-state index contributed by atoms with van der Waals surface area (Å²) in [6.07, 6.45) is 0. The molecule has 0 saturated carbocycles. The van der Waals surface area contributed by atoms with Crippen molar-refractivity contribution in [3.63, 3.8) is 0 Å². The van der Waals surface area contributed by atoms with Gasteiger partial charge in [-0.15, -0.1) is 0 Å². The summed E-state index contributed by atoms with van der Waals surface area (Å²) in [6.45, 7) is 9.83. The molecule has 7 heteroatoms. The van der Waals surface area contributed by atoms with Gasteiger partial charge in [-0.2, -0.15) is 0 Å². The monoisotopic (exact) mass is 358 g/mol. The molecular weight excluding hydrogens is 328 g/mol. The molecule has 0 bridgehead atoms. The van der Waals surface area contributed by atoms with Gasteiger partial charge in [0.15, 0.2) is 11.5 Å². The molecule has 0 radical (unpaired) electrons. The van der Waals surface area contributed by atoms with Crippen molar-refractivity contribution in [1.82, 2.24) is 9.62 Å². The minimum Gasteiger partial charge on any atom is -0.490 e. The highest BCUT2D eigenvalue weighted by atomic mass is 32.2. The summed E-state index contributed by atoms with van der Waals surface area (Å²) in [6, 6.07) is 4.68. The van der Waals surface area contributed by atoms with Gasteiger partial charge in [-0.25, -0.2) is 13.1 Å². The van der Waals surface area contributed by atoms with Crippen molar-refractivity contribution >= 4 is 10.0 Å². The van der Waals surface area contributed by atoms with E-state index in [-0.39, 0.29) is 10.3 Å². The van der Waals surface area contributed by atoms with Crippen molar-refractivity contribution in [2.45, 2.75) is 32.6 Å². The SMILES string of the molecule is CCOc1ccc(S(=O)(=O)NCC(C)(C)CN(C)C)cc1OCC. The van der Waals surface area contributed by atoms with Crippen LogP contribution in [0.4, 0.5) is 0 Å². The Labute approximate surface area is 146 Å². The van der Waals surface area contributed by atoms with Crippen LogP contribution in [-0.2, 0) is 10.0 Å². The van der Waals surface area contributed by atoms with Crippen LogP contribution >= 0.6 is 0 Å². The topological polar surface area (TPSA) is 67.9 Å². The van der Waals surface area contributed by atoms with Crippen molar-refractivity contribution in [1.29, 1.82) is 0 Å². The Hall–Kier alpha value is -1.31. The summed E-state index contributed by atoms with van der Waals surface area (Å²) in [5.41, 5.74) is -0.176. The van der Waals surface area contributed by atoms with Crippen LogP contribution in [0.2, 0.25) is 0 Å². The zero-order valence-corrected chi connectivity index (χ0v) is 16.4. The van der Waals surface area contributed by atoms with Crippen LogP contribution < -0.4 is 14.2 Å². The van der Waals surface area contributed by atoms with Gasteiger partial charge in [-0.1, -0.05) is 13.8 Å². The molecule has 0 amide bonds. The van der Waals surface area contributed by atoms with E-state index in [1.165, 1.54) is 12.1 Å². The standard InChI is InChI=1S/C17H30N2O4S/c1-7-22-15-10-9-14(11-16(15)23-8-2)24(20,21)18-12-17(3,4)13-19(5)6/h9-11,18H,7-8,12-13H2,1-6H3. The molecule has 0 fully saturated rings. The second-order valence-electron chi connectivity index (χ2n) is 6.70. The third-order valence-electron chi connectivity index (χ3n) is 3.31. The molecule has 0 unspecified atom stereocenters. The first-order chi connectivity index (χ1) is 11.1. The van der Waals surface area contributed by atoms with E-state index in [0.29, 0.717) is 31.3 Å². The average molecular weight is 359 g/mol. The summed E-state index contributed by atoms with van der Waals surface area (Å²) in [7, 11) is 0.333. The van der Waals surface area contributed by atoms with Gasteiger partial charge in [0.25, 0.3) is 0 Å². The molecule has 1 N–H and O–H groups in total. The maximum Gasteiger partial charge on any atom is 0.240 e. The summed E-state index contributed by atoms with van der Waals surface area (Å²) < 4.78 is 38.8. The molecule has 0 aliphatic heterocycles. The van der Waals surface area contributed by atoms with E-state index in [1.54, 1.807) is 6.07 Å². The Morgan fingerprint density at radius 1 is 1.08 bits per heavy atom. The van der Waals surface area contributed by atoms with Gasteiger partial charge in [0, 0.05) is 19.2 Å². The molecule has 0 aliphatic rings. The van der Waals surface area contributed by atoms with E-state index in [2.05, 4.69) is 4.72 Å². The fourth-order valence-electron chi connectivity index (χ4n) is 2.48. The van der Waals surface area contributed by atoms with Crippen LogP contribution in [0, 0.1) is 5.41 Å². The zero-order chi connectivity index (χ0) is 18.4. The molecule has 138 valence electrons. The van der Waals surface area contributed by atoms with E-state index in [9.17, 15) is 8.42 Å². The molecule has 0 atom stereocenters. The lowest BCUT2D eigenvalue weighted by atomic mass is 9.93. The van der Waals surface area contributed by atoms with E-state index in [1.807, 2.05) is 46.7 Å². The van der Waals surface area contributed by atoms with Gasteiger partial charge in [0.2, 0.25) is 10.0 Å². The van der Waals surface area contributed by atoms with Gasteiger partial charge in [0.1, 0.15) is 0 Å². The van der Waals surface area contributed by atoms with Gasteiger partial charge in [-0.3, -0.25) is 0 Å². The molecule has 0 spiro atoms. The third kappa shape index (κ3) is 6.30. The van der Waals surface area contributed by atoms with Crippen molar-refractivity contribution in [2.75, 3.05) is 40.4 Å². The number of benzene rings is 1.